The summed E-state index contributed by atoms with van der Waals surface area (Å²) in [5, 5.41) is 18.9. The van der Waals surface area contributed by atoms with Crippen molar-refractivity contribution >= 4 is 111 Å². The van der Waals surface area contributed by atoms with Gasteiger partial charge < -0.3 is 0 Å². The van der Waals surface area contributed by atoms with E-state index >= 15 is 0 Å². The average molecular weight is 1730 g/mol. The van der Waals surface area contributed by atoms with Gasteiger partial charge in [0.05, 0.1) is 0 Å². The largest absolute Gasteiger partial charge is 3.00 e. The van der Waals surface area contributed by atoms with Gasteiger partial charge in [-0.25, -0.2) is 0 Å². The summed E-state index contributed by atoms with van der Waals surface area (Å²) in [6.45, 7) is 0. The fourth-order valence-corrected chi connectivity index (χ4v) is 42.8. The van der Waals surface area contributed by atoms with Gasteiger partial charge in [0, 0.05) is 44.8 Å². The van der Waals surface area contributed by atoms with Gasteiger partial charge >= 0.3 is 22.4 Å². The van der Waals surface area contributed by atoms with Crippen molar-refractivity contribution in [3.05, 3.63) is 364 Å². The Labute approximate surface area is 547 Å². The van der Waals surface area contributed by atoms with Crippen molar-refractivity contribution in [3.63, 3.8) is 0 Å². The molecule has 0 bridgehead atoms. The molecule has 0 saturated heterocycles. The molecule has 0 unspecified atom stereocenters. The SMILES string of the molecule is [Au+3].[Au].[Au].c1ccc([PH+](c2ccccc2)C([PH+](c2ccccc2)c2ccccc2)[PH+](c2ccccc2)c2ccccc2)cc1.c1ccc([PH+](c2ccccc2)C([PH+](c2ccccc2)c2ccccc2)[PH+](c2ccccc2)c2ccccc2)cc1. The molecule has 2 radical (unpaired) electrons. The molecular weight excluding hydrogens is 1670 g/mol. The van der Waals surface area contributed by atoms with Crippen LogP contribution in [0.25, 0.3) is 0 Å². The normalized spacial score (nSPS) is 11.0. The molecule has 0 amide bonds. The summed E-state index contributed by atoms with van der Waals surface area (Å²) in [5.74, 6) is 0. The topological polar surface area (TPSA) is 0 Å². The van der Waals surface area contributed by atoms with E-state index in [1.807, 2.05) is 0 Å². The zero-order chi connectivity index (χ0) is 54.0. The minimum Gasteiger partial charge on any atom is -0.0620 e. The van der Waals surface area contributed by atoms with E-state index in [0.717, 1.165) is 0 Å². The van der Waals surface area contributed by atoms with Gasteiger partial charge in [0.15, 0.2) is 0 Å². The predicted molar refractivity (Wildman–Crippen MR) is 370 cm³/mol. The molecule has 0 N–H and O–H groups in total. The summed E-state index contributed by atoms with van der Waals surface area (Å²) in [5.41, 5.74) is 0. The maximum absolute atomic E-state index is 2.39. The minimum absolute atomic E-state index is 0. The van der Waals surface area contributed by atoms with Crippen molar-refractivity contribution in [2.45, 2.75) is 10.3 Å². The van der Waals surface area contributed by atoms with E-state index in [0.29, 0.717) is 10.3 Å². The quantitative estimate of drug-likeness (QED) is 0.0593. The van der Waals surface area contributed by atoms with E-state index < -0.39 is 47.5 Å². The first kappa shape index (κ1) is 64.4. The Morgan fingerprint density at radius 3 is 0.277 bits per heavy atom. The summed E-state index contributed by atoms with van der Waals surface area (Å²) in [7, 11) is -7.40. The van der Waals surface area contributed by atoms with E-state index in [2.05, 4.69) is 364 Å². The third-order valence-electron chi connectivity index (χ3n) is 14.7. The Kier molecular flexibility index (Phi) is 26.4. The Bertz CT molecular complexity index is 2790. The first-order chi connectivity index (χ1) is 39.8. The Morgan fingerprint density at radius 1 is 0.133 bits per heavy atom. The van der Waals surface area contributed by atoms with E-state index in [1.165, 1.54) is 63.7 Å². The van der Waals surface area contributed by atoms with Crippen molar-refractivity contribution in [2.24, 2.45) is 0 Å². The van der Waals surface area contributed by atoms with Gasteiger partial charge in [0.1, 0.15) is 111 Å². The van der Waals surface area contributed by atoms with Crippen LogP contribution in [-0.2, 0) is 67.1 Å². The molecule has 12 aromatic carbocycles. The summed E-state index contributed by atoms with van der Waals surface area (Å²) in [6.07, 6.45) is 0. The second-order valence-corrected chi connectivity index (χ2v) is 38.6. The zero-order valence-electron chi connectivity index (χ0n) is 45.7. The van der Waals surface area contributed by atoms with Crippen molar-refractivity contribution < 1.29 is 67.1 Å². The van der Waals surface area contributed by atoms with Crippen LogP contribution >= 0.6 is 47.5 Å². The molecule has 0 aliphatic carbocycles. The molecule has 418 valence electrons. The van der Waals surface area contributed by atoms with Crippen molar-refractivity contribution in [2.75, 3.05) is 0 Å². The molecule has 0 aliphatic heterocycles. The van der Waals surface area contributed by atoms with Crippen LogP contribution in [0.2, 0.25) is 0 Å². The first-order valence-electron chi connectivity index (χ1n) is 27.7. The predicted octanol–water partition coefficient (Wildman–Crippen LogP) is 13.7. The molecule has 12 rings (SSSR count). The van der Waals surface area contributed by atoms with Gasteiger partial charge in [0.25, 0.3) is 10.3 Å². The summed E-state index contributed by atoms with van der Waals surface area (Å²) in [6, 6.07) is 137. The number of hydrogen-bond acceptors (Lipinski definition) is 0. The van der Waals surface area contributed by atoms with Gasteiger partial charge in [-0.15, -0.1) is 0 Å². The molecule has 0 aliphatic rings. The molecule has 0 aromatic heterocycles. The molecule has 12 aromatic rings. The third kappa shape index (κ3) is 16.5. The van der Waals surface area contributed by atoms with Crippen LogP contribution in [0.3, 0.4) is 0 Å². The van der Waals surface area contributed by atoms with Crippen LogP contribution in [0.5, 0.6) is 0 Å². The average Bonchev–Trinajstić information content (AvgIpc) is 3.13. The molecule has 0 heterocycles. The van der Waals surface area contributed by atoms with E-state index in [1.54, 1.807) is 0 Å². The minimum atomic E-state index is -1.23. The van der Waals surface area contributed by atoms with Gasteiger partial charge in [-0.1, -0.05) is 218 Å². The fourth-order valence-electron chi connectivity index (χ4n) is 11.3. The Balaban J connectivity index is 0.000000209. The third-order valence-corrected chi connectivity index (χ3v) is 40.1. The van der Waals surface area contributed by atoms with Crippen LogP contribution in [0.15, 0.2) is 364 Å². The Morgan fingerprint density at radius 2 is 0.205 bits per heavy atom. The van der Waals surface area contributed by atoms with Crippen molar-refractivity contribution in [1.29, 1.82) is 0 Å². The number of rotatable bonds is 18. The molecular formula is C74H68Au3P6+9. The van der Waals surface area contributed by atoms with E-state index in [-0.39, 0.29) is 67.1 Å². The monoisotopic (exact) mass is 1730 g/mol. The summed E-state index contributed by atoms with van der Waals surface area (Å²) in [4.78, 5) is 0. The summed E-state index contributed by atoms with van der Waals surface area (Å²) >= 11 is 0. The molecule has 0 spiro atoms. The van der Waals surface area contributed by atoms with Gasteiger partial charge in [-0.05, 0) is 146 Å². The standard InChI is InChI=1S/2C37H31P3.3Au/c2*1-7-19-31(20-8-1)38(32-21-9-2-10-22-32)37(39(33-23-11-3-12-24-33)34-25-13-4-14-26-34)40(35-27-15-5-16-28-35)36-29-17-6-18-30-36;;;/h2*1-30,37H;;;/q;;;;+3/p+6. The smallest absolute Gasteiger partial charge is 0.0620 e. The molecule has 0 atom stereocenters. The van der Waals surface area contributed by atoms with Crippen molar-refractivity contribution in [1.82, 2.24) is 0 Å². The molecule has 0 fully saturated rings. The van der Waals surface area contributed by atoms with Crippen molar-refractivity contribution in [3.8, 4) is 0 Å². The van der Waals surface area contributed by atoms with Crippen LogP contribution < -0.4 is 63.7 Å². The van der Waals surface area contributed by atoms with Crippen LogP contribution in [0.1, 0.15) is 0 Å². The Hall–Kier alpha value is -4.56. The zero-order valence-corrected chi connectivity index (χ0v) is 58.2. The summed E-state index contributed by atoms with van der Waals surface area (Å²) < 4.78 is 0. The molecule has 0 saturated carbocycles. The van der Waals surface area contributed by atoms with Gasteiger partial charge in [-0.3, -0.25) is 0 Å². The van der Waals surface area contributed by atoms with E-state index in [9.17, 15) is 0 Å². The second-order valence-electron chi connectivity index (χ2n) is 19.7. The number of hydrogen-bond donors (Lipinski definition) is 0. The van der Waals surface area contributed by atoms with Crippen LogP contribution in [0, 0.1) is 0 Å². The second kappa shape index (κ2) is 34.0. The number of benzene rings is 12. The molecule has 0 nitrogen and oxygen atoms in total. The first-order valence-corrected chi connectivity index (χ1v) is 37.1. The van der Waals surface area contributed by atoms with Gasteiger partial charge in [0.2, 0.25) is 0 Å². The fraction of sp³-hybridized carbons (Fsp3) is 0.0270. The molecule has 9 heteroatoms. The maximum Gasteiger partial charge on any atom is 3.00 e. The van der Waals surface area contributed by atoms with Gasteiger partial charge in [-0.2, -0.15) is 0 Å². The van der Waals surface area contributed by atoms with Crippen LogP contribution in [0.4, 0.5) is 0 Å². The van der Waals surface area contributed by atoms with E-state index in [4.69, 9.17) is 0 Å². The van der Waals surface area contributed by atoms with Crippen LogP contribution in [-0.4, -0.2) is 10.3 Å². The molecule has 83 heavy (non-hydrogen) atoms. The maximum atomic E-state index is 2.39.